The first-order valence-corrected chi connectivity index (χ1v) is 9.24. The van der Waals surface area contributed by atoms with Gasteiger partial charge in [0, 0.05) is 28.2 Å². The molecule has 0 aromatic heterocycles. The van der Waals surface area contributed by atoms with E-state index in [0.29, 0.717) is 10.5 Å². The number of aryl methyl sites for hydroxylation is 1. The number of benzene rings is 3. The summed E-state index contributed by atoms with van der Waals surface area (Å²) in [5.41, 5.74) is 4.67. The first kappa shape index (κ1) is 17.2. The highest BCUT2D eigenvalue weighted by molar-refractivity contribution is 8.04. The molecular weight excluding hydrogens is 358 g/mol. The van der Waals surface area contributed by atoms with E-state index < -0.39 is 4.92 Å². The van der Waals surface area contributed by atoms with Crippen LogP contribution in [-0.2, 0) is 0 Å². The zero-order chi connectivity index (χ0) is 19.0. The van der Waals surface area contributed by atoms with Crippen molar-refractivity contribution in [2.75, 3.05) is 0 Å². The van der Waals surface area contributed by atoms with Gasteiger partial charge in [-0.3, -0.25) is 14.9 Å². The van der Waals surface area contributed by atoms with E-state index in [1.807, 2.05) is 55.5 Å². The van der Waals surface area contributed by atoms with Gasteiger partial charge in [-0.1, -0.05) is 65.9 Å². The second-order valence-corrected chi connectivity index (χ2v) is 7.39. The maximum atomic E-state index is 13.1. The maximum absolute atomic E-state index is 13.1. The Morgan fingerprint density at radius 3 is 2.26 bits per heavy atom. The lowest BCUT2D eigenvalue weighted by atomic mass is 9.98. The van der Waals surface area contributed by atoms with Crippen molar-refractivity contribution >= 4 is 28.8 Å². The van der Waals surface area contributed by atoms with E-state index >= 15 is 0 Å². The van der Waals surface area contributed by atoms with Crippen LogP contribution in [0.4, 0.5) is 5.69 Å². The van der Waals surface area contributed by atoms with Crippen molar-refractivity contribution in [3.8, 4) is 0 Å². The van der Waals surface area contributed by atoms with Crippen LogP contribution in [0.25, 0.3) is 5.57 Å². The molecule has 0 spiro atoms. The Hall–Kier alpha value is -3.18. The van der Waals surface area contributed by atoms with Crippen LogP contribution >= 0.6 is 11.8 Å². The first-order chi connectivity index (χ1) is 13.0. The predicted octanol–water partition coefficient (Wildman–Crippen LogP) is 5.65. The fourth-order valence-corrected chi connectivity index (χ4v) is 4.20. The SMILES string of the molecule is Cc1ccc2c(c1)C(c1ccccc1)=C(Sc1ccc([N+](=O)[O-])cc1)C2=O. The Balaban J connectivity index is 1.83. The molecule has 3 aromatic carbocycles. The number of rotatable bonds is 4. The number of hydrogen-bond donors (Lipinski definition) is 0. The van der Waals surface area contributed by atoms with Crippen molar-refractivity contribution in [2.24, 2.45) is 0 Å². The lowest BCUT2D eigenvalue weighted by molar-refractivity contribution is -0.384. The molecule has 4 rings (SSSR count). The molecule has 4 nitrogen and oxygen atoms in total. The molecule has 0 heterocycles. The highest BCUT2D eigenvalue weighted by atomic mass is 32.2. The lowest BCUT2D eigenvalue weighted by Gasteiger charge is -2.08. The molecule has 0 fully saturated rings. The van der Waals surface area contributed by atoms with Crippen molar-refractivity contribution in [1.29, 1.82) is 0 Å². The third-order valence-corrected chi connectivity index (χ3v) is 5.55. The number of nitro groups is 1. The maximum Gasteiger partial charge on any atom is 0.269 e. The van der Waals surface area contributed by atoms with Gasteiger partial charge < -0.3 is 0 Å². The van der Waals surface area contributed by atoms with Crippen LogP contribution in [0.3, 0.4) is 0 Å². The molecule has 27 heavy (non-hydrogen) atoms. The minimum Gasteiger partial charge on any atom is -0.288 e. The molecule has 1 aliphatic rings. The highest BCUT2D eigenvalue weighted by Crippen LogP contribution is 2.45. The number of carbonyl (C=O) groups is 1. The monoisotopic (exact) mass is 373 g/mol. The number of carbonyl (C=O) groups excluding carboxylic acids is 1. The van der Waals surface area contributed by atoms with Gasteiger partial charge in [-0.25, -0.2) is 0 Å². The minimum absolute atomic E-state index is 0.00722. The zero-order valence-corrected chi connectivity index (χ0v) is 15.3. The molecule has 0 saturated heterocycles. The number of nitro benzene ring substituents is 1. The topological polar surface area (TPSA) is 60.2 Å². The summed E-state index contributed by atoms with van der Waals surface area (Å²) in [7, 11) is 0. The largest absolute Gasteiger partial charge is 0.288 e. The average molecular weight is 373 g/mol. The molecule has 0 atom stereocenters. The van der Waals surface area contributed by atoms with Crippen LogP contribution in [0.15, 0.2) is 82.6 Å². The Bertz CT molecular complexity index is 1090. The summed E-state index contributed by atoms with van der Waals surface area (Å²) >= 11 is 1.35. The number of allylic oxidation sites excluding steroid dienone is 1. The van der Waals surface area contributed by atoms with E-state index in [1.54, 1.807) is 12.1 Å². The lowest BCUT2D eigenvalue weighted by Crippen LogP contribution is -1.96. The minimum atomic E-state index is -0.428. The van der Waals surface area contributed by atoms with Gasteiger partial charge >= 0.3 is 0 Å². The quantitative estimate of drug-likeness (QED) is 0.438. The first-order valence-electron chi connectivity index (χ1n) is 8.42. The summed E-state index contributed by atoms with van der Waals surface area (Å²) < 4.78 is 0. The smallest absolute Gasteiger partial charge is 0.269 e. The van der Waals surface area contributed by atoms with Gasteiger partial charge in [-0.2, -0.15) is 0 Å². The van der Waals surface area contributed by atoms with Gasteiger partial charge in [0.25, 0.3) is 5.69 Å². The third kappa shape index (κ3) is 3.17. The number of fused-ring (bicyclic) bond motifs is 1. The Labute approximate surface area is 160 Å². The van der Waals surface area contributed by atoms with Gasteiger partial charge in [0.2, 0.25) is 5.78 Å². The van der Waals surface area contributed by atoms with Gasteiger partial charge in [-0.15, -0.1) is 0 Å². The fraction of sp³-hybridized carbons (Fsp3) is 0.0455. The van der Waals surface area contributed by atoms with E-state index in [-0.39, 0.29) is 11.5 Å². The van der Waals surface area contributed by atoms with E-state index in [0.717, 1.165) is 27.2 Å². The Kier molecular flexibility index (Phi) is 4.38. The van der Waals surface area contributed by atoms with E-state index in [4.69, 9.17) is 0 Å². The summed E-state index contributed by atoms with van der Waals surface area (Å²) in [6.07, 6.45) is 0. The Morgan fingerprint density at radius 1 is 0.889 bits per heavy atom. The van der Waals surface area contributed by atoms with E-state index in [1.165, 1.54) is 23.9 Å². The van der Waals surface area contributed by atoms with Gasteiger partial charge in [0.15, 0.2) is 0 Å². The normalized spacial score (nSPS) is 13.0. The summed E-state index contributed by atoms with van der Waals surface area (Å²) in [4.78, 5) is 25.0. The molecule has 0 N–H and O–H groups in total. The number of Topliss-reactive ketones (excluding diaryl/α,β-unsaturated/α-hetero) is 1. The summed E-state index contributed by atoms with van der Waals surface area (Å²) in [6.45, 7) is 2.01. The average Bonchev–Trinajstić information content (AvgIpc) is 2.94. The van der Waals surface area contributed by atoms with Crippen molar-refractivity contribution < 1.29 is 9.72 Å². The summed E-state index contributed by atoms with van der Waals surface area (Å²) in [5.74, 6) is -0.00722. The molecule has 5 heteroatoms. The number of nitrogens with zero attached hydrogens (tertiary/aromatic N) is 1. The second kappa shape index (κ2) is 6.85. The molecule has 0 radical (unpaired) electrons. The molecule has 0 saturated carbocycles. The molecule has 0 unspecified atom stereocenters. The van der Waals surface area contributed by atoms with Crippen LogP contribution in [0.2, 0.25) is 0 Å². The van der Waals surface area contributed by atoms with Crippen LogP contribution in [0, 0.1) is 17.0 Å². The molecular formula is C22H15NO3S. The highest BCUT2D eigenvalue weighted by Gasteiger charge is 2.31. The van der Waals surface area contributed by atoms with Crippen molar-refractivity contribution in [1.82, 2.24) is 0 Å². The van der Waals surface area contributed by atoms with E-state index in [9.17, 15) is 14.9 Å². The van der Waals surface area contributed by atoms with Crippen LogP contribution in [-0.4, -0.2) is 10.7 Å². The van der Waals surface area contributed by atoms with Crippen molar-refractivity contribution in [3.05, 3.63) is 110 Å². The number of ketones is 1. The standard InChI is InChI=1S/C22H15NO3S/c1-14-7-12-18-19(13-14)20(15-5-3-2-4-6-15)22(21(18)24)27-17-10-8-16(9-11-17)23(25)26/h2-13H,1H3. The summed E-state index contributed by atoms with van der Waals surface area (Å²) in [5, 5.41) is 10.9. The number of non-ortho nitro benzene ring substituents is 1. The second-order valence-electron chi connectivity index (χ2n) is 6.30. The molecule has 1 aliphatic carbocycles. The fourth-order valence-electron chi connectivity index (χ4n) is 3.16. The molecule has 3 aromatic rings. The van der Waals surface area contributed by atoms with Crippen LogP contribution in [0.5, 0.6) is 0 Å². The van der Waals surface area contributed by atoms with Gasteiger partial charge in [-0.05, 0) is 30.2 Å². The summed E-state index contributed by atoms with van der Waals surface area (Å²) in [6, 6.07) is 22.0. The zero-order valence-electron chi connectivity index (χ0n) is 14.5. The van der Waals surface area contributed by atoms with Crippen LogP contribution < -0.4 is 0 Å². The van der Waals surface area contributed by atoms with Crippen LogP contribution in [0.1, 0.15) is 27.0 Å². The number of thioether (sulfide) groups is 1. The van der Waals surface area contributed by atoms with E-state index in [2.05, 4.69) is 0 Å². The molecule has 0 aliphatic heterocycles. The van der Waals surface area contributed by atoms with Gasteiger partial charge in [0.05, 0.1) is 9.83 Å². The molecule has 0 amide bonds. The third-order valence-electron chi connectivity index (χ3n) is 4.45. The van der Waals surface area contributed by atoms with Crippen molar-refractivity contribution in [2.45, 2.75) is 11.8 Å². The molecule has 132 valence electrons. The Morgan fingerprint density at radius 2 is 1.59 bits per heavy atom. The number of hydrogen-bond acceptors (Lipinski definition) is 4. The van der Waals surface area contributed by atoms with Gasteiger partial charge in [0.1, 0.15) is 0 Å². The van der Waals surface area contributed by atoms with Crippen molar-refractivity contribution in [3.63, 3.8) is 0 Å². The predicted molar refractivity (Wildman–Crippen MR) is 107 cm³/mol. The molecule has 0 bridgehead atoms.